The Labute approximate surface area is 168 Å². The van der Waals surface area contributed by atoms with Gasteiger partial charge in [-0.1, -0.05) is 54.8 Å². The number of fused-ring (bicyclic) bond motifs is 1. The fourth-order valence-electron chi connectivity index (χ4n) is 4.61. The Morgan fingerprint density at radius 3 is 2.39 bits per heavy atom. The Morgan fingerprint density at radius 1 is 1.04 bits per heavy atom. The van der Waals surface area contributed by atoms with E-state index in [9.17, 15) is 19.8 Å². The minimum absolute atomic E-state index is 0.223. The van der Waals surface area contributed by atoms with Crippen molar-refractivity contribution in [2.45, 2.75) is 49.8 Å². The van der Waals surface area contributed by atoms with Crippen molar-refractivity contribution in [1.82, 2.24) is 4.90 Å². The summed E-state index contributed by atoms with van der Waals surface area (Å²) in [5.41, 5.74) is 1.62. The van der Waals surface area contributed by atoms with E-state index >= 15 is 0 Å². The van der Waals surface area contributed by atoms with Gasteiger partial charge in [-0.15, -0.1) is 0 Å². The molecule has 4 atom stereocenters. The van der Waals surface area contributed by atoms with E-state index in [1.807, 2.05) is 0 Å². The first-order valence-electron chi connectivity index (χ1n) is 9.57. The monoisotopic (exact) mass is 399 g/mol. The number of carbonyl (C=O) groups excluding carboxylic acids is 1. The van der Waals surface area contributed by atoms with E-state index in [0.717, 1.165) is 12.8 Å². The molecule has 2 aromatic rings. The average molecular weight is 400 g/mol. The van der Waals surface area contributed by atoms with Gasteiger partial charge < -0.3 is 15.1 Å². The number of benzene rings is 2. The normalized spacial score (nSPS) is 27.4. The number of carboxylic acids is 1. The predicted molar refractivity (Wildman–Crippen MR) is 105 cm³/mol. The van der Waals surface area contributed by atoms with E-state index in [0.29, 0.717) is 34.6 Å². The Balaban J connectivity index is 1.91. The van der Waals surface area contributed by atoms with Gasteiger partial charge in [-0.3, -0.25) is 9.59 Å². The molecule has 1 fully saturated rings. The molecule has 2 unspecified atom stereocenters. The summed E-state index contributed by atoms with van der Waals surface area (Å²) >= 11 is 6.03. The number of aliphatic carboxylic acids is 1. The van der Waals surface area contributed by atoms with Gasteiger partial charge in [0.05, 0.1) is 18.2 Å². The maximum Gasteiger partial charge on any atom is 0.313 e. The minimum atomic E-state index is -0.991. The van der Waals surface area contributed by atoms with E-state index in [2.05, 4.69) is 0 Å². The van der Waals surface area contributed by atoms with Crippen LogP contribution >= 0.6 is 11.6 Å². The zero-order chi connectivity index (χ0) is 19.8. The summed E-state index contributed by atoms with van der Waals surface area (Å²) in [4.78, 5) is 27.5. The summed E-state index contributed by atoms with van der Waals surface area (Å²) in [5, 5.41) is 21.3. The van der Waals surface area contributed by atoms with Crippen LogP contribution in [0, 0.1) is 0 Å². The predicted octanol–water partition coefficient (Wildman–Crippen LogP) is 4.01. The molecule has 1 heterocycles. The van der Waals surface area contributed by atoms with Crippen LogP contribution in [0.1, 0.15) is 59.1 Å². The number of rotatable bonds is 3. The summed E-state index contributed by atoms with van der Waals surface area (Å²) in [6, 6.07) is 12.7. The molecular weight excluding hydrogens is 378 g/mol. The van der Waals surface area contributed by atoms with Gasteiger partial charge in [0, 0.05) is 10.6 Å². The second-order valence-corrected chi connectivity index (χ2v) is 7.97. The fraction of sp³-hybridized carbons (Fsp3) is 0.364. The molecule has 0 saturated heterocycles. The number of halogens is 1. The van der Waals surface area contributed by atoms with E-state index in [1.165, 1.54) is 0 Å². The molecule has 1 aliphatic carbocycles. The molecule has 5 nitrogen and oxygen atoms in total. The van der Waals surface area contributed by atoms with E-state index in [1.54, 1.807) is 53.4 Å². The van der Waals surface area contributed by atoms with E-state index < -0.39 is 30.1 Å². The molecule has 0 radical (unpaired) electrons. The summed E-state index contributed by atoms with van der Waals surface area (Å²) in [6.07, 6.45) is 2.42. The van der Waals surface area contributed by atoms with Crippen molar-refractivity contribution in [2.24, 2.45) is 0 Å². The molecule has 2 aromatic carbocycles. The van der Waals surface area contributed by atoms with Crippen LogP contribution in [0.3, 0.4) is 0 Å². The second kappa shape index (κ2) is 7.57. The molecule has 4 rings (SSSR count). The largest absolute Gasteiger partial charge is 0.481 e. The Hall–Kier alpha value is -2.37. The first-order chi connectivity index (χ1) is 13.5. The second-order valence-electron chi connectivity index (χ2n) is 7.53. The molecule has 0 aromatic heterocycles. The summed E-state index contributed by atoms with van der Waals surface area (Å²) in [6.45, 7) is 0. The lowest BCUT2D eigenvalue weighted by Crippen LogP contribution is -2.54. The smallest absolute Gasteiger partial charge is 0.313 e. The lowest BCUT2D eigenvalue weighted by molar-refractivity contribution is -0.141. The molecule has 1 saturated carbocycles. The van der Waals surface area contributed by atoms with Crippen molar-refractivity contribution >= 4 is 23.5 Å². The number of nitrogens with zero attached hydrogens (tertiary/aromatic N) is 1. The third-order valence-electron chi connectivity index (χ3n) is 5.91. The van der Waals surface area contributed by atoms with Crippen molar-refractivity contribution in [3.05, 3.63) is 70.2 Å². The average Bonchev–Trinajstić information content (AvgIpc) is 2.69. The van der Waals surface area contributed by atoms with Crippen LogP contribution in [0.5, 0.6) is 0 Å². The standard InChI is InChI=1S/C22H22ClNO4/c23-14-11-9-13(10-12-14)20-19(22(27)28)15-5-1-2-6-16(15)21(26)24(20)17-7-3-4-8-18(17)25/h1-2,5-6,9-12,17-20,25H,3-4,7-8H2,(H,27,28)/t17-,18-,19?,20?/m1/s1. The van der Waals surface area contributed by atoms with E-state index in [4.69, 9.17) is 11.6 Å². The quantitative estimate of drug-likeness (QED) is 0.817. The Kier molecular flexibility index (Phi) is 5.13. The summed E-state index contributed by atoms with van der Waals surface area (Å²) < 4.78 is 0. The zero-order valence-corrected chi connectivity index (χ0v) is 16.0. The van der Waals surface area contributed by atoms with Crippen molar-refractivity contribution in [1.29, 1.82) is 0 Å². The molecule has 6 heteroatoms. The van der Waals surface area contributed by atoms with Crippen LogP contribution in [0.2, 0.25) is 5.02 Å². The Morgan fingerprint density at radius 2 is 1.71 bits per heavy atom. The number of carboxylic acid groups (broad SMARTS) is 1. The minimum Gasteiger partial charge on any atom is -0.481 e. The van der Waals surface area contributed by atoms with Gasteiger partial charge in [0.15, 0.2) is 0 Å². The van der Waals surface area contributed by atoms with Crippen LogP contribution in [0.25, 0.3) is 0 Å². The van der Waals surface area contributed by atoms with Crippen molar-refractivity contribution in [2.75, 3.05) is 0 Å². The molecule has 2 N–H and O–H groups in total. The first-order valence-corrected chi connectivity index (χ1v) is 9.94. The lowest BCUT2D eigenvalue weighted by atomic mass is 9.77. The van der Waals surface area contributed by atoms with Crippen LogP contribution < -0.4 is 0 Å². The van der Waals surface area contributed by atoms with Gasteiger partial charge in [0.25, 0.3) is 5.91 Å². The third kappa shape index (κ3) is 3.19. The van der Waals surface area contributed by atoms with Gasteiger partial charge in [0.1, 0.15) is 5.92 Å². The summed E-state index contributed by atoms with van der Waals surface area (Å²) in [5.74, 6) is -2.13. The molecule has 2 aliphatic rings. The number of amides is 1. The highest BCUT2D eigenvalue weighted by atomic mass is 35.5. The number of aliphatic hydroxyl groups excluding tert-OH is 1. The topological polar surface area (TPSA) is 77.8 Å². The molecule has 1 amide bonds. The van der Waals surface area contributed by atoms with Crippen LogP contribution in [0.15, 0.2) is 48.5 Å². The number of hydrogen-bond donors (Lipinski definition) is 2. The van der Waals surface area contributed by atoms with Gasteiger partial charge in [-0.2, -0.15) is 0 Å². The lowest BCUT2D eigenvalue weighted by Gasteiger charge is -2.47. The molecule has 146 valence electrons. The molecule has 28 heavy (non-hydrogen) atoms. The number of hydrogen-bond acceptors (Lipinski definition) is 3. The van der Waals surface area contributed by atoms with Crippen molar-refractivity contribution in [3.8, 4) is 0 Å². The molecule has 1 aliphatic heterocycles. The van der Waals surface area contributed by atoms with Gasteiger partial charge in [0.2, 0.25) is 0 Å². The van der Waals surface area contributed by atoms with Crippen LogP contribution in [0.4, 0.5) is 0 Å². The number of aliphatic hydroxyl groups is 1. The highest BCUT2D eigenvalue weighted by Gasteiger charge is 2.48. The van der Waals surface area contributed by atoms with Gasteiger partial charge in [-0.05, 0) is 42.2 Å². The highest BCUT2D eigenvalue weighted by Crippen LogP contribution is 2.45. The van der Waals surface area contributed by atoms with Crippen molar-refractivity contribution < 1.29 is 19.8 Å². The number of carbonyl (C=O) groups is 2. The maximum atomic E-state index is 13.5. The van der Waals surface area contributed by atoms with E-state index in [-0.39, 0.29) is 5.91 Å². The first kappa shape index (κ1) is 19.0. The Bertz CT molecular complexity index is 898. The van der Waals surface area contributed by atoms with Crippen molar-refractivity contribution in [3.63, 3.8) is 0 Å². The van der Waals surface area contributed by atoms with Crippen LogP contribution in [-0.4, -0.2) is 39.1 Å². The van der Waals surface area contributed by atoms with Gasteiger partial charge >= 0.3 is 5.97 Å². The fourth-order valence-corrected chi connectivity index (χ4v) is 4.74. The van der Waals surface area contributed by atoms with Crippen LogP contribution in [-0.2, 0) is 4.79 Å². The molecular formula is C22H22ClNO4. The summed E-state index contributed by atoms with van der Waals surface area (Å²) in [7, 11) is 0. The maximum absolute atomic E-state index is 13.5. The highest BCUT2D eigenvalue weighted by molar-refractivity contribution is 6.30. The molecule has 0 spiro atoms. The molecule has 0 bridgehead atoms. The SMILES string of the molecule is O=C(O)C1c2ccccc2C(=O)N([C@@H]2CCCC[C@H]2O)C1c1ccc(Cl)cc1. The zero-order valence-electron chi connectivity index (χ0n) is 15.3. The van der Waals surface area contributed by atoms with Gasteiger partial charge in [-0.25, -0.2) is 0 Å². The third-order valence-corrected chi connectivity index (χ3v) is 6.16.